The Balaban J connectivity index is 3.25. The first-order valence-corrected chi connectivity index (χ1v) is 2.26. The van der Waals surface area contributed by atoms with Gasteiger partial charge in [0.05, 0.1) is 0 Å². The van der Waals surface area contributed by atoms with Crippen LogP contribution in [-0.2, 0) is 0 Å². The van der Waals surface area contributed by atoms with Crippen molar-refractivity contribution in [2.24, 2.45) is 0 Å². The van der Waals surface area contributed by atoms with Crippen LogP contribution in [0.15, 0.2) is 12.1 Å². The van der Waals surface area contributed by atoms with Crippen molar-refractivity contribution < 1.29 is 8.78 Å². The van der Waals surface area contributed by atoms with E-state index in [0.717, 1.165) is 12.1 Å². The lowest BCUT2D eigenvalue weighted by atomic mass is 10.3. The van der Waals surface area contributed by atoms with Crippen molar-refractivity contribution in [2.75, 3.05) is 0 Å². The van der Waals surface area contributed by atoms with Gasteiger partial charge in [0.1, 0.15) is 5.69 Å². The smallest absolute Gasteiger partial charge is 0.186 e. The highest BCUT2D eigenvalue weighted by Crippen LogP contribution is 2.12. The summed E-state index contributed by atoms with van der Waals surface area (Å²) in [6.45, 7) is 0. The van der Waals surface area contributed by atoms with Crippen molar-refractivity contribution in [1.82, 2.24) is 5.73 Å². The standard InChI is InChI=1S/C6H2F2N/c7-4-2-1-3-5(9)6(4)8/h1,3H. The van der Waals surface area contributed by atoms with Gasteiger partial charge in [-0.1, -0.05) is 0 Å². The molecule has 1 rings (SSSR count). The van der Waals surface area contributed by atoms with Crippen molar-refractivity contribution in [3.8, 4) is 0 Å². The summed E-state index contributed by atoms with van der Waals surface area (Å²) in [6.07, 6.45) is 0. The molecule has 0 saturated carbocycles. The maximum absolute atomic E-state index is 12.1. The third-order valence-corrected chi connectivity index (χ3v) is 0.869. The molecule has 0 atom stereocenters. The zero-order valence-corrected chi connectivity index (χ0v) is 4.36. The van der Waals surface area contributed by atoms with Crippen LogP contribution in [0.3, 0.4) is 0 Å². The molecule has 0 aliphatic heterocycles. The molecule has 0 N–H and O–H groups in total. The Morgan fingerprint density at radius 1 is 1.44 bits per heavy atom. The van der Waals surface area contributed by atoms with Crippen molar-refractivity contribution in [3.05, 3.63) is 29.8 Å². The quantitative estimate of drug-likeness (QED) is 0.502. The van der Waals surface area contributed by atoms with E-state index in [1.165, 1.54) is 0 Å². The van der Waals surface area contributed by atoms with Crippen molar-refractivity contribution in [1.29, 1.82) is 0 Å². The predicted octanol–water partition coefficient (Wildman–Crippen LogP) is 1.47. The van der Waals surface area contributed by atoms with Crippen molar-refractivity contribution in [3.63, 3.8) is 0 Å². The normalized spacial score (nSPS) is 9.56. The second-order valence-corrected chi connectivity index (χ2v) is 1.49. The van der Waals surface area contributed by atoms with Gasteiger partial charge in [0.25, 0.3) is 0 Å². The summed E-state index contributed by atoms with van der Waals surface area (Å²) in [5.74, 6) is -2.41. The van der Waals surface area contributed by atoms with Crippen molar-refractivity contribution in [2.45, 2.75) is 0 Å². The number of nitrogens with zero attached hydrogens (tertiary/aromatic N) is 1. The Labute approximate surface area is 51.1 Å². The third kappa shape index (κ3) is 0.988. The molecular formula is C6H2F2N. The summed E-state index contributed by atoms with van der Waals surface area (Å²) in [5, 5.41) is 0. The average Bonchev–Trinajstić information content (AvgIpc) is 1.83. The fourth-order valence-electron chi connectivity index (χ4n) is 0.443. The highest BCUT2D eigenvalue weighted by atomic mass is 19.2. The topological polar surface area (TPSA) is 22.3 Å². The zero-order chi connectivity index (χ0) is 6.85. The van der Waals surface area contributed by atoms with Crippen LogP contribution in [0.5, 0.6) is 0 Å². The van der Waals surface area contributed by atoms with Gasteiger partial charge in [0.2, 0.25) is 0 Å². The summed E-state index contributed by atoms with van der Waals surface area (Å²) in [4.78, 5) is 0. The molecule has 0 aliphatic rings. The van der Waals surface area contributed by atoms with Gasteiger partial charge in [-0.25, -0.2) is 8.78 Å². The Bertz CT molecular complexity index is 202. The van der Waals surface area contributed by atoms with Gasteiger partial charge >= 0.3 is 0 Å². The van der Waals surface area contributed by atoms with Crippen LogP contribution in [0, 0.1) is 17.7 Å². The van der Waals surface area contributed by atoms with E-state index in [4.69, 9.17) is 5.73 Å². The zero-order valence-electron chi connectivity index (χ0n) is 4.36. The summed E-state index contributed by atoms with van der Waals surface area (Å²) in [6, 6.07) is 4.07. The Hall–Kier alpha value is -1.12. The summed E-state index contributed by atoms with van der Waals surface area (Å²) in [5.41, 5.74) is 7.78. The number of hydrogen-bond donors (Lipinski definition) is 0. The summed E-state index contributed by atoms with van der Waals surface area (Å²) < 4.78 is 24.1. The van der Waals surface area contributed by atoms with Gasteiger partial charge in [0.15, 0.2) is 11.6 Å². The van der Waals surface area contributed by atoms with E-state index < -0.39 is 17.3 Å². The second kappa shape index (κ2) is 2.01. The van der Waals surface area contributed by atoms with E-state index in [2.05, 4.69) is 0 Å². The van der Waals surface area contributed by atoms with Crippen LogP contribution >= 0.6 is 0 Å². The molecule has 3 heteroatoms. The number of halogens is 2. The lowest BCUT2D eigenvalue weighted by Gasteiger charge is -1.90. The SMILES string of the molecule is [N]c1cc[c]c(F)c1F. The van der Waals surface area contributed by atoms with E-state index in [-0.39, 0.29) is 0 Å². The van der Waals surface area contributed by atoms with Gasteiger partial charge in [0, 0.05) is 6.07 Å². The third-order valence-electron chi connectivity index (χ3n) is 0.869. The number of rotatable bonds is 0. The lowest BCUT2D eigenvalue weighted by molar-refractivity contribution is 0.508. The van der Waals surface area contributed by atoms with Gasteiger partial charge in [-0.3, -0.25) is 0 Å². The van der Waals surface area contributed by atoms with Crippen LogP contribution in [0.25, 0.3) is 0 Å². The van der Waals surface area contributed by atoms with E-state index in [1.807, 2.05) is 6.07 Å². The second-order valence-electron chi connectivity index (χ2n) is 1.49. The fraction of sp³-hybridized carbons (Fsp3) is 0. The van der Waals surface area contributed by atoms with E-state index in [0.29, 0.717) is 0 Å². The maximum Gasteiger partial charge on any atom is 0.186 e. The molecule has 1 nitrogen and oxygen atoms in total. The molecular weight excluding hydrogens is 124 g/mol. The van der Waals surface area contributed by atoms with Gasteiger partial charge in [-0.05, 0) is 12.1 Å². The van der Waals surface area contributed by atoms with E-state index in [9.17, 15) is 8.78 Å². The largest absolute Gasteiger partial charge is 0.203 e. The molecule has 1 aromatic rings. The Kier molecular flexibility index (Phi) is 1.34. The summed E-state index contributed by atoms with van der Waals surface area (Å²) >= 11 is 0. The first kappa shape index (κ1) is 6.01. The Morgan fingerprint density at radius 2 is 2.11 bits per heavy atom. The van der Waals surface area contributed by atoms with Gasteiger partial charge < -0.3 is 0 Å². The van der Waals surface area contributed by atoms with E-state index >= 15 is 0 Å². The molecule has 45 valence electrons. The lowest BCUT2D eigenvalue weighted by Crippen LogP contribution is -1.84. The molecule has 0 amide bonds. The molecule has 3 radical (unpaired) electrons. The van der Waals surface area contributed by atoms with Crippen LogP contribution < -0.4 is 5.73 Å². The molecule has 0 aromatic heterocycles. The molecule has 0 saturated heterocycles. The molecule has 0 spiro atoms. The minimum Gasteiger partial charge on any atom is -0.203 e. The molecule has 0 unspecified atom stereocenters. The number of benzene rings is 1. The van der Waals surface area contributed by atoms with Gasteiger partial charge in [-0.15, -0.1) is 5.73 Å². The van der Waals surface area contributed by atoms with E-state index in [1.54, 1.807) is 0 Å². The first-order valence-electron chi connectivity index (χ1n) is 2.26. The molecule has 9 heavy (non-hydrogen) atoms. The molecule has 1 aromatic carbocycles. The van der Waals surface area contributed by atoms with Crippen LogP contribution in [-0.4, -0.2) is 0 Å². The highest BCUT2D eigenvalue weighted by molar-refractivity contribution is 5.34. The monoisotopic (exact) mass is 126 g/mol. The van der Waals surface area contributed by atoms with Crippen LogP contribution in [0.1, 0.15) is 0 Å². The number of hydrogen-bond acceptors (Lipinski definition) is 0. The van der Waals surface area contributed by atoms with Gasteiger partial charge in [-0.2, -0.15) is 0 Å². The molecule has 0 aliphatic carbocycles. The molecule has 0 fully saturated rings. The Morgan fingerprint density at radius 3 is 2.56 bits per heavy atom. The maximum atomic E-state index is 12.1. The minimum absolute atomic E-state index is 0.689. The van der Waals surface area contributed by atoms with Crippen LogP contribution in [0.4, 0.5) is 14.5 Å². The highest BCUT2D eigenvalue weighted by Gasteiger charge is 2.04. The average molecular weight is 126 g/mol. The van der Waals surface area contributed by atoms with Crippen LogP contribution in [0.2, 0.25) is 0 Å². The minimum atomic E-state index is -1.25. The summed E-state index contributed by atoms with van der Waals surface area (Å²) in [7, 11) is 0. The molecule has 0 heterocycles. The molecule has 0 bridgehead atoms. The predicted molar refractivity (Wildman–Crippen MR) is 27.0 cm³/mol. The first-order chi connectivity index (χ1) is 4.22. The fourth-order valence-corrected chi connectivity index (χ4v) is 0.443. The van der Waals surface area contributed by atoms with Crippen molar-refractivity contribution >= 4 is 5.69 Å².